The molecule has 0 N–H and O–H groups in total. The monoisotopic (exact) mass is 395 g/mol. The van der Waals surface area contributed by atoms with E-state index in [-0.39, 0.29) is 5.78 Å². The van der Waals surface area contributed by atoms with Gasteiger partial charge in [-0.1, -0.05) is 82.3 Å². The number of Topliss-reactive ketones (excluding diaryl/α,β-unsaturated/α-hetero) is 1. The summed E-state index contributed by atoms with van der Waals surface area (Å²) in [5.74, 6) is 0.771. The van der Waals surface area contributed by atoms with Crippen molar-refractivity contribution in [2.75, 3.05) is 0 Å². The zero-order chi connectivity index (χ0) is 21.3. The fraction of sp³-hybridized carbons (Fsp3) is 0.286. The van der Waals surface area contributed by atoms with E-state index in [2.05, 4.69) is 55.2 Å². The van der Waals surface area contributed by atoms with E-state index in [1.807, 2.05) is 44.2 Å². The molecule has 0 saturated carbocycles. The van der Waals surface area contributed by atoms with E-state index in [1.165, 1.54) is 21.9 Å². The molecule has 0 spiro atoms. The Hall–Kier alpha value is -3.00. The van der Waals surface area contributed by atoms with Crippen molar-refractivity contribution in [3.63, 3.8) is 0 Å². The molecular weight excluding hydrogens is 366 g/mol. The normalized spacial score (nSPS) is 12.0. The van der Waals surface area contributed by atoms with E-state index in [1.54, 1.807) is 6.20 Å². The second-order valence-electron chi connectivity index (χ2n) is 9.42. The maximum Gasteiger partial charge on any atom is 0.170 e. The Morgan fingerprint density at radius 2 is 1.57 bits per heavy atom. The van der Waals surface area contributed by atoms with Gasteiger partial charge < -0.3 is 0 Å². The van der Waals surface area contributed by atoms with Crippen LogP contribution in [-0.2, 0) is 12.8 Å². The van der Waals surface area contributed by atoms with Gasteiger partial charge in [-0.3, -0.25) is 9.78 Å². The van der Waals surface area contributed by atoms with Crippen molar-refractivity contribution in [3.8, 4) is 0 Å². The molecule has 152 valence electrons. The summed E-state index contributed by atoms with van der Waals surface area (Å²) in [6.45, 7) is 8.56. The summed E-state index contributed by atoms with van der Waals surface area (Å²) in [5, 5.41) is 3.50. The largest absolute Gasteiger partial charge is 0.294 e. The molecule has 4 aromatic rings. The Labute approximate surface area is 179 Å². The third-order valence-electron chi connectivity index (χ3n) is 5.73. The highest BCUT2D eigenvalue weighted by atomic mass is 16.1. The molecule has 0 saturated heterocycles. The van der Waals surface area contributed by atoms with Crippen LogP contribution >= 0.6 is 0 Å². The minimum Gasteiger partial charge on any atom is -0.294 e. The Bertz CT molecular complexity index is 1220. The number of hydrogen-bond acceptors (Lipinski definition) is 2. The second kappa shape index (κ2) is 8.02. The van der Waals surface area contributed by atoms with Gasteiger partial charge in [0.05, 0.1) is 5.52 Å². The average molecular weight is 396 g/mol. The highest BCUT2D eigenvalue weighted by Gasteiger charge is 2.29. The number of para-hydroxylation sites is 1. The van der Waals surface area contributed by atoms with Gasteiger partial charge in [0.15, 0.2) is 5.78 Å². The first-order valence-electron chi connectivity index (χ1n) is 10.7. The lowest BCUT2D eigenvalue weighted by Gasteiger charge is -2.23. The van der Waals surface area contributed by atoms with Crippen molar-refractivity contribution in [1.82, 2.24) is 4.98 Å². The topological polar surface area (TPSA) is 30.0 Å². The van der Waals surface area contributed by atoms with Gasteiger partial charge in [0.1, 0.15) is 0 Å². The van der Waals surface area contributed by atoms with Gasteiger partial charge in [0, 0.05) is 22.6 Å². The van der Waals surface area contributed by atoms with Crippen LogP contribution in [0.3, 0.4) is 0 Å². The van der Waals surface area contributed by atoms with Crippen LogP contribution in [0.25, 0.3) is 21.7 Å². The standard InChI is InChI=1S/C28H29NO/c1-19(2)13-20-9-11-22-12-10-21(15-24(22)14-20)17-28(3,4)27(30)25-16-23-7-5-6-8-26(23)29-18-25/h5-12,14-16,18-19H,13,17H2,1-4H3. The van der Waals surface area contributed by atoms with Crippen molar-refractivity contribution in [1.29, 1.82) is 0 Å². The molecule has 0 fully saturated rings. The molecule has 1 heterocycles. The summed E-state index contributed by atoms with van der Waals surface area (Å²) in [5.41, 5.74) is 3.65. The lowest BCUT2D eigenvalue weighted by molar-refractivity contribution is 0.0837. The smallest absolute Gasteiger partial charge is 0.170 e. The first kappa shape index (κ1) is 20.3. The number of carbonyl (C=O) groups is 1. The van der Waals surface area contributed by atoms with E-state index in [0.29, 0.717) is 17.9 Å². The number of aromatic nitrogens is 1. The molecule has 0 amide bonds. The summed E-state index contributed by atoms with van der Waals surface area (Å²) in [7, 11) is 0. The van der Waals surface area contributed by atoms with E-state index < -0.39 is 5.41 Å². The first-order valence-corrected chi connectivity index (χ1v) is 10.7. The molecule has 2 nitrogen and oxygen atoms in total. The number of fused-ring (bicyclic) bond motifs is 2. The minimum atomic E-state index is -0.507. The first-order chi connectivity index (χ1) is 14.3. The van der Waals surface area contributed by atoms with E-state index in [9.17, 15) is 4.79 Å². The van der Waals surface area contributed by atoms with Gasteiger partial charge in [0.25, 0.3) is 0 Å². The second-order valence-corrected chi connectivity index (χ2v) is 9.42. The number of hydrogen-bond donors (Lipinski definition) is 0. The predicted molar refractivity (Wildman–Crippen MR) is 126 cm³/mol. The van der Waals surface area contributed by atoms with Crippen molar-refractivity contribution in [2.24, 2.45) is 11.3 Å². The van der Waals surface area contributed by atoms with Crippen LogP contribution in [0.1, 0.15) is 49.2 Å². The van der Waals surface area contributed by atoms with Crippen LogP contribution in [-0.4, -0.2) is 10.8 Å². The maximum absolute atomic E-state index is 13.3. The highest BCUT2D eigenvalue weighted by Crippen LogP contribution is 2.29. The molecule has 0 aliphatic rings. The molecule has 2 heteroatoms. The zero-order valence-corrected chi connectivity index (χ0v) is 18.3. The molecule has 0 atom stereocenters. The number of ketones is 1. The Morgan fingerprint density at radius 3 is 2.33 bits per heavy atom. The number of benzene rings is 3. The molecule has 0 aliphatic heterocycles. The van der Waals surface area contributed by atoms with Gasteiger partial charge in [-0.05, 0) is 52.8 Å². The molecule has 0 bridgehead atoms. The van der Waals surface area contributed by atoms with E-state index in [0.717, 1.165) is 17.3 Å². The lowest BCUT2D eigenvalue weighted by Crippen LogP contribution is -2.27. The molecule has 3 aromatic carbocycles. The summed E-state index contributed by atoms with van der Waals surface area (Å²) in [6, 6.07) is 23.2. The van der Waals surface area contributed by atoms with Crippen LogP contribution < -0.4 is 0 Å². The predicted octanol–water partition coefficient (Wildman–Crippen LogP) is 7.04. The summed E-state index contributed by atoms with van der Waals surface area (Å²) >= 11 is 0. The van der Waals surface area contributed by atoms with Crippen LogP contribution in [0.5, 0.6) is 0 Å². The Kier molecular flexibility index (Phi) is 5.42. The molecule has 0 radical (unpaired) electrons. The Balaban J connectivity index is 1.60. The Morgan fingerprint density at radius 1 is 0.867 bits per heavy atom. The summed E-state index contributed by atoms with van der Waals surface area (Å²) < 4.78 is 0. The van der Waals surface area contributed by atoms with Gasteiger partial charge in [0.2, 0.25) is 0 Å². The molecular formula is C28H29NO. The highest BCUT2D eigenvalue weighted by molar-refractivity contribution is 6.02. The fourth-order valence-corrected chi connectivity index (χ4v) is 4.23. The maximum atomic E-state index is 13.3. The van der Waals surface area contributed by atoms with E-state index in [4.69, 9.17) is 0 Å². The third-order valence-corrected chi connectivity index (χ3v) is 5.73. The van der Waals surface area contributed by atoms with Crippen LogP contribution in [0.2, 0.25) is 0 Å². The van der Waals surface area contributed by atoms with Crippen molar-refractivity contribution < 1.29 is 4.79 Å². The van der Waals surface area contributed by atoms with Crippen LogP contribution in [0, 0.1) is 11.3 Å². The lowest BCUT2D eigenvalue weighted by atomic mass is 9.79. The van der Waals surface area contributed by atoms with Gasteiger partial charge in [-0.25, -0.2) is 0 Å². The third kappa shape index (κ3) is 4.28. The van der Waals surface area contributed by atoms with Crippen LogP contribution in [0.4, 0.5) is 0 Å². The SMILES string of the molecule is CC(C)Cc1ccc2ccc(CC(C)(C)C(=O)c3cnc4ccccc4c3)cc2c1. The fourth-order valence-electron chi connectivity index (χ4n) is 4.23. The number of nitrogens with zero attached hydrogens (tertiary/aromatic N) is 1. The average Bonchev–Trinajstić information content (AvgIpc) is 2.72. The van der Waals surface area contributed by atoms with Gasteiger partial charge in [-0.2, -0.15) is 0 Å². The van der Waals surface area contributed by atoms with Crippen molar-refractivity contribution in [2.45, 2.75) is 40.5 Å². The number of pyridine rings is 1. The molecule has 30 heavy (non-hydrogen) atoms. The summed E-state index contributed by atoms with van der Waals surface area (Å²) in [6.07, 6.45) is 3.49. The van der Waals surface area contributed by atoms with Crippen molar-refractivity contribution >= 4 is 27.5 Å². The van der Waals surface area contributed by atoms with Crippen molar-refractivity contribution in [3.05, 3.63) is 89.6 Å². The van der Waals surface area contributed by atoms with Gasteiger partial charge in [-0.15, -0.1) is 0 Å². The molecule has 0 unspecified atom stereocenters. The molecule has 1 aromatic heterocycles. The van der Waals surface area contributed by atoms with E-state index >= 15 is 0 Å². The molecule has 4 rings (SSSR count). The minimum absolute atomic E-state index is 0.134. The number of carbonyl (C=O) groups excluding carboxylic acids is 1. The van der Waals surface area contributed by atoms with Crippen LogP contribution in [0.15, 0.2) is 72.9 Å². The molecule has 0 aliphatic carbocycles. The zero-order valence-electron chi connectivity index (χ0n) is 18.3. The summed E-state index contributed by atoms with van der Waals surface area (Å²) in [4.78, 5) is 17.8. The van der Waals surface area contributed by atoms with Gasteiger partial charge >= 0.3 is 0 Å². The number of rotatable bonds is 6. The quantitative estimate of drug-likeness (QED) is 0.328.